The number of aryl methyl sites for hydroxylation is 1. The zero-order valence-corrected chi connectivity index (χ0v) is 18.6. The van der Waals surface area contributed by atoms with Crippen molar-refractivity contribution in [1.82, 2.24) is 15.0 Å². The van der Waals surface area contributed by atoms with Gasteiger partial charge < -0.3 is 14.2 Å². The van der Waals surface area contributed by atoms with Crippen LogP contribution in [0.15, 0.2) is 53.1 Å². The lowest BCUT2D eigenvalue weighted by Gasteiger charge is -2.17. The standard InChI is InChI=1S/C21H24N4O5S/c1-15-7-5-6-8-18(15)21-22-19(30-23-21)13-24(2)20(26)14-29-17-11-9-16(10-12-17)25(3)31(4,27)28/h5-12H,13-14H2,1-4H3. The summed E-state index contributed by atoms with van der Waals surface area (Å²) in [7, 11) is -0.260. The van der Waals surface area contributed by atoms with Crippen molar-refractivity contribution in [2.24, 2.45) is 0 Å². The Morgan fingerprint density at radius 3 is 2.42 bits per heavy atom. The van der Waals surface area contributed by atoms with Gasteiger partial charge in [0.15, 0.2) is 6.61 Å². The van der Waals surface area contributed by atoms with Crippen LogP contribution in [0.1, 0.15) is 11.5 Å². The molecule has 164 valence electrons. The van der Waals surface area contributed by atoms with Gasteiger partial charge in [-0.2, -0.15) is 4.98 Å². The highest BCUT2D eigenvalue weighted by molar-refractivity contribution is 7.92. The summed E-state index contributed by atoms with van der Waals surface area (Å²) in [4.78, 5) is 18.2. The van der Waals surface area contributed by atoms with Crippen molar-refractivity contribution in [2.75, 3.05) is 31.3 Å². The number of hydrogen-bond acceptors (Lipinski definition) is 7. The number of amides is 1. The number of anilines is 1. The lowest BCUT2D eigenvalue weighted by molar-refractivity contribution is -0.132. The topological polar surface area (TPSA) is 106 Å². The molecule has 0 aliphatic carbocycles. The molecule has 0 atom stereocenters. The SMILES string of the molecule is Cc1ccccc1-c1noc(CN(C)C(=O)COc2ccc(N(C)S(C)(=O)=O)cc2)n1. The van der Waals surface area contributed by atoms with Gasteiger partial charge in [0, 0.05) is 19.7 Å². The molecule has 3 rings (SSSR count). The molecule has 3 aromatic rings. The fraction of sp³-hybridized carbons (Fsp3) is 0.286. The van der Waals surface area contributed by atoms with Gasteiger partial charge in [0.25, 0.3) is 5.91 Å². The molecule has 0 fully saturated rings. The van der Waals surface area contributed by atoms with E-state index in [2.05, 4.69) is 10.1 Å². The third kappa shape index (κ3) is 5.60. The van der Waals surface area contributed by atoms with Crippen molar-refractivity contribution < 1.29 is 22.5 Å². The largest absolute Gasteiger partial charge is 0.484 e. The molecule has 1 heterocycles. The molecule has 1 amide bonds. The van der Waals surface area contributed by atoms with E-state index in [1.165, 1.54) is 11.9 Å². The number of likely N-dealkylation sites (N-methyl/N-ethyl adjacent to an activating group) is 1. The smallest absolute Gasteiger partial charge is 0.260 e. The number of benzene rings is 2. The second-order valence-electron chi connectivity index (χ2n) is 7.09. The minimum atomic E-state index is -3.34. The number of carbonyl (C=O) groups excluding carboxylic acids is 1. The molecule has 0 radical (unpaired) electrons. The summed E-state index contributed by atoms with van der Waals surface area (Å²) in [5.41, 5.74) is 2.40. The molecule has 2 aromatic carbocycles. The van der Waals surface area contributed by atoms with Gasteiger partial charge in [0.05, 0.1) is 18.5 Å². The van der Waals surface area contributed by atoms with Gasteiger partial charge in [-0.1, -0.05) is 29.4 Å². The Kier molecular flexibility index (Phi) is 6.59. The van der Waals surface area contributed by atoms with Gasteiger partial charge >= 0.3 is 0 Å². The summed E-state index contributed by atoms with van der Waals surface area (Å²) < 4.78 is 35.1. The summed E-state index contributed by atoms with van der Waals surface area (Å²) in [5, 5.41) is 3.99. The summed E-state index contributed by atoms with van der Waals surface area (Å²) in [5.74, 6) is 0.978. The van der Waals surface area contributed by atoms with Crippen molar-refractivity contribution in [1.29, 1.82) is 0 Å². The lowest BCUT2D eigenvalue weighted by atomic mass is 10.1. The maximum absolute atomic E-state index is 12.4. The third-order valence-corrected chi connectivity index (χ3v) is 5.92. The fourth-order valence-electron chi connectivity index (χ4n) is 2.74. The van der Waals surface area contributed by atoms with Crippen LogP contribution in [-0.4, -0.2) is 56.3 Å². The molecule has 0 saturated heterocycles. The summed E-state index contributed by atoms with van der Waals surface area (Å²) in [6.07, 6.45) is 1.12. The molecule has 31 heavy (non-hydrogen) atoms. The second kappa shape index (κ2) is 9.17. The number of ether oxygens (including phenoxy) is 1. The van der Waals surface area contributed by atoms with Crippen LogP contribution in [0, 0.1) is 6.92 Å². The second-order valence-corrected chi connectivity index (χ2v) is 9.10. The Morgan fingerprint density at radius 2 is 1.77 bits per heavy atom. The number of rotatable bonds is 8. The van der Waals surface area contributed by atoms with E-state index >= 15 is 0 Å². The average Bonchev–Trinajstić information content (AvgIpc) is 3.19. The van der Waals surface area contributed by atoms with Gasteiger partial charge in [-0.15, -0.1) is 0 Å². The van der Waals surface area contributed by atoms with Crippen LogP contribution in [0.3, 0.4) is 0 Å². The van der Waals surface area contributed by atoms with Crippen molar-refractivity contribution in [3.63, 3.8) is 0 Å². The molecule has 0 bridgehead atoms. The Hall–Kier alpha value is -3.40. The number of hydrogen-bond donors (Lipinski definition) is 0. The first kappa shape index (κ1) is 22.3. The molecule has 0 saturated carbocycles. The Morgan fingerprint density at radius 1 is 1.10 bits per heavy atom. The Bertz CT molecular complexity index is 1160. The van der Waals surface area contributed by atoms with E-state index in [9.17, 15) is 13.2 Å². The number of nitrogens with zero attached hydrogens (tertiary/aromatic N) is 4. The normalized spacial score (nSPS) is 11.2. The van der Waals surface area contributed by atoms with Gasteiger partial charge in [-0.3, -0.25) is 9.10 Å². The molecule has 0 aliphatic rings. The van der Waals surface area contributed by atoms with Gasteiger partial charge in [0.2, 0.25) is 21.7 Å². The summed E-state index contributed by atoms with van der Waals surface area (Å²) >= 11 is 0. The van der Waals surface area contributed by atoms with E-state index in [1.54, 1.807) is 31.3 Å². The predicted molar refractivity (Wildman–Crippen MR) is 116 cm³/mol. The molecule has 0 aliphatic heterocycles. The predicted octanol–water partition coefficient (Wildman–Crippen LogP) is 2.48. The van der Waals surface area contributed by atoms with E-state index in [0.717, 1.165) is 21.7 Å². The van der Waals surface area contributed by atoms with Crippen LogP contribution < -0.4 is 9.04 Å². The van der Waals surface area contributed by atoms with Crippen LogP contribution in [0.5, 0.6) is 5.75 Å². The van der Waals surface area contributed by atoms with Crippen molar-refractivity contribution in [2.45, 2.75) is 13.5 Å². The highest BCUT2D eigenvalue weighted by atomic mass is 32.2. The van der Waals surface area contributed by atoms with E-state index in [1.807, 2.05) is 31.2 Å². The summed E-state index contributed by atoms with van der Waals surface area (Å²) in [6, 6.07) is 14.1. The molecular formula is C21H24N4O5S. The molecular weight excluding hydrogens is 420 g/mol. The molecule has 9 nitrogen and oxygen atoms in total. The van der Waals surface area contributed by atoms with Crippen molar-refractivity contribution in [3.05, 3.63) is 60.0 Å². The van der Waals surface area contributed by atoms with Gasteiger partial charge in [-0.25, -0.2) is 8.42 Å². The number of carbonyl (C=O) groups is 1. The highest BCUT2D eigenvalue weighted by Gasteiger charge is 2.16. The van der Waals surface area contributed by atoms with Crippen LogP contribution in [0.2, 0.25) is 0 Å². The molecule has 0 unspecified atom stereocenters. The Balaban J connectivity index is 1.55. The molecule has 0 spiro atoms. The maximum Gasteiger partial charge on any atom is 0.260 e. The minimum absolute atomic E-state index is 0.152. The van der Waals surface area contributed by atoms with Crippen molar-refractivity contribution in [3.8, 4) is 17.1 Å². The van der Waals surface area contributed by atoms with Crippen LogP contribution in [0.4, 0.5) is 5.69 Å². The first-order valence-corrected chi connectivity index (χ1v) is 11.3. The van der Waals surface area contributed by atoms with Gasteiger partial charge in [0.1, 0.15) is 5.75 Å². The average molecular weight is 445 g/mol. The van der Waals surface area contributed by atoms with E-state index in [4.69, 9.17) is 9.26 Å². The fourth-order valence-corrected chi connectivity index (χ4v) is 3.25. The first-order valence-electron chi connectivity index (χ1n) is 9.44. The van der Waals surface area contributed by atoms with E-state index in [-0.39, 0.29) is 19.1 Å². The maximum atomic E-state index is 12.4. The molecule has 10 heteroatoms. The van der Waals surface area contributed by atoms with E-state index < -0.39 is 10.0 Å². The zero-order chi connectivity index (χ0) is 22.6. The van der Waals surface area contributed by atoms with Crippen molar-refractivity contribution >= 4 is 21.6 Å². The lowest BCUT2D eigenvalue weighted by Crippen LogP contribution is -2.31. The van der Waals surface area contributed by atoms with Crippen LogP contribution in [-0.2, 0) is 21.4 Å². The minimum Gasteiger partial charge on any atom is -0.484 e. The van der Waals surface area contributed by atoms with E-state index in [0.29, 0.717) is 23.2 Å². The summed E-state index contributed by atoms with van der Waals surface area (Å²) in [6.45, 7) is 1.93. The van der Waals surface area contributed by atoms with Gasteiger partial charge in [-0.05, 0) is 36.8 Å². The first-order chi connectivity index (χ1) is 14.6. The molecule has 0 N–H and O–H groups in total. The quantitative estimate of drug-likeness (QED) is 0.525. The highest BCUT2D eigenvalue weighted by Crippen LogP contribution is 2.21. The van der Waals surface area contributed by atoms with Crippen LogP contribution >= 0.6 is 0 Å². The van der Waals surface area contributed by atoms with Crippen LogP contribution in [0.25, 0.3) is 11.4 Å². The monoisotopic (exact) mass is 444 g/mol. The zero-order valence-electron chi connectivity index (χ0n) is 17.8. The third-order valence-electron chi connectivity index (χ3n) is 4.71. The number of aromatic nitrogens is 2. The Labute approximate surface area is 181 Å². The molecule has 1 aromatic heterocycles. The number of sulfonamides is 1.